The molecule has 25 heavy (non-hydrogen) atoms. The van der Waals surface area contributed by atoms with Gasteiger partial charge in [-0.25, -0.2) is 5.48 Å². The minimum atomic E-state index is 0. The van der Waals surface area contributed by atoms with E-state index in [1.807, 2.05) is 78.9 Å². The first-order chi connectivity index (χ1) is 11.8. The van der Waals surface area contributed by atoms with Crippen molar-refractivity contribution in [2.45, 2.75) is 0 Å². The molecule has 0 atom stereocenters. The Morgan fingerprint density at radius 3 is 1.76 bits per heavy atom. The van der Waals surface area contributed by atoms with Crippen LogP contribution in [0.15, 0.2) is 79.0 Å². The molecule has 4 nitrogen and oxygen atoms in total. The van der Waals surface area contributed by atoms with Gasteiger partial charge in [0.2, 0.25) is 0 Å². The molecule has 128 valence electrons. The predicted octanol–water partition coefficient (Wildman–Crippen LogP) is 4.19. The first kappa shape index (κ1) is 18.3. The lowest BCUT2D eigenvalue weighted by molar-refractivity contribution is 0.239. The van der Waals surface area contributed by atoms with E-state index in [1.54, 1.807) is 6.20 Å². The van der Waals surface area contributed by atoms with Gasteiger partial charge in [-0.15, -0.1) is 0 Å². The van der Waals surface area contributed by atoms with Crippen molar-refractivity contribution in [3.8, 4) is 16.9 Å². The van der Waals surface area contributed by atoms with E-state index in [-0.39, 0.29) is 13.5 Å². The molecule has 3 aromatic rings. The number of benzene rings is 3. The number of fused-ring (bicyclic) bond motifs is 1. The fourth-order valence-electron chi connectivity index (χ4n) is 2.42. The van der Waals surface area contributed by atoms with Crippen molar-refractivity contribution < 1.29 is 4.84 Å². The number of para-hydroxylation sites is 3. The Hall–Kier alpha value is -3.05. The maximum Gasteiger partial charge on any atom is 0.162 e. The van der Waals surface area contributed by atoms with E-state index >= 15 is 0 Å². The molecular formula is C20H21N3OS. The van der Waals surface area contributed by atoms with E-state index in [0.29, 0.717) is 0 Å². The molecule has 0 aromatic heterocycles. The summed E-state index contributed by atoms with van der Waals surface area (Å²) in [6.45, 7) is 0. The van der Waals surface area contributed by atoms with Crippen LogP contribution < -0.4 is 21.8 Å². The quantitative estimate of drug-likeness (QED) is 0.575. The molecule has 0 saturated heterocycles. The fraction of sp³-hybridized carbons (Fsp3) is 0. The van der Waals surface area contributed by atoms with Crippen LogP contribution in [0.5, 0.6) is 5.75 Å². The van der Waals surface area contributed by atoms with E-state index in [1.165, 1.54) is 0 Å². The average molecular weight is 351 g/mol. The summed E-state index contributed by atoms with van der Waals surface area (Å²) in [5.41, 5.74) is 19.0. The number of hydroxylamine groups is 1. The van der Waals surface area contributed by atoms with Crippen LogP contribution in [0, 0.1) is 0 Å². The molecule has 0 radical (unpaired) electrons. The second-order valence-electron chi connectivity index (χ2n) is 5.27. The first-order valence-electron chi connectivity index (χ1n) is 7.63. The number of hydrogen-bond acceptors (Lipinski definition) is 4. The first-order valence-corrected chi connectivity index (χ1v) is 7.63. The van der Waals surface area contributed by atoms with Gasteiger partial charge in [0.1, 0.15) is 0 Å². The Bertz CT molecular complexity index is 821. The third kappa shape index (κ3) is 4.49. The number of rotatable bonds is 1. The molecule has 0 amide bonds. The molecule has 0 spiro atoms. The van der Waals surface area contributed by atoms with Crippen LogP contribution in [0.25, 0.3) is 17.2 Å². The normalized spacial score (nSPS) is 10.9. The van der Waals surface area contributed by atoms with Crippen LogP contribution in [0.3, 0.4) is 0 Å². The van der Waals surface area contributed by atoms with Gasteiger partial charge in [-0.2, -0.15) is 13.5 Å². The Balaban J connectivity index is 0.000000182. The lowest BCUT2D eigenvalue weighted by Crippen LogP contribution is -2.13. The van der Waals surface area contributed by atoms with Crippen LogP contribution >= 0.6 is 13.5 Å². The average Bonchev–Trinajstić information content (AvgIpc) is 2.64. The smallest absolute Gasteiger partial charge is 0.162 e. The van der Waals surface area contributed by atoms with E-state index < -0.39 is 0 Å². The van der Waals surface area contributed by atoms with Gasteiger partial charge in [0.05, 0.1) is 0 Å². The summed E-state index contributed by atoms with van der Waals surface area (Å²) in [7, 11) is 0. The summed E-state index contributed by atoms with van der Waals surface area (Å²) < 4.78 is 0. The van der Waals surface area contributed by atoms with Crippen molar-refractivity contribution in [2.75, 3.05) is 11.5 Å². The second-order valence-corrected chi connectivity index (χ2v) is 5.27. The Labute approximate surface area is 154 Å². The predicted molar refractivity (Wildman–Crippen MR) is 110 cm³/mol. The summed E-state index contributed by atoms with van der Waals surface area (Å²) in [6, 6.07) is 23.3. The third-order valence-corrected chi connectivity index (χ3v) is 3.63. The Morgan fingerprint density at radius 2 is 1.20 bits per heavy atom. The maximum absolute atomic E-state index is 5.87. The van der Waals surface area contributed by atoms with Crippen LogP contribution in [0.4, 0.5) is 11.4 Å². The highest BCUT2D eigenvalue weighted by molar-refractivity contribution is 7.59. The summed E-state index contributed by atoms with van der Waals surface area (Å²) >= 11 is 0. The molecule has 0 saturated carbocycles. The number of anilines is 2. The monoisotopic (exact) mass is 351 g/mol. The van der Waals surface area contributed by atoms with E-state index in [0.717, 1.165) is 33.8 Å². The Morgan fingerprint density at radius 1 is 0.680 bits per heavy atom. The van der Waals surface area contributed by atoms with Gasteiger partial charge in [-0.3, -0.25) is 0 Å². The molecule has 5 heteroatoms. The number of hydrogen-bond donors (Lipinski definition) is 3. The molecule has 1 aliphatic rings. The number of nitrogens with one attached hydrogen (secondary N) is 1. The minimum absolute atomic E-state index is 0. The zero-order valence-electron chi connectivity index (χ0n) is 13.6. The zero-order chi connectivity index (χ0) is 16.8. The minimum Gasteiger partial charge on any atom is -0.398 e. The maximum atomic E-state index is 5.87. The lowest BCUT2D eigenvalue weighted by atomic mass is 10.0. The number of nitrogen functional groups attached to an aromatic ring is 2. The van der Waals surface area contributed by atoms with Gasteiger partial charge in [0.15, 0.2) is 5.75 Å². The molecule has 3 aromatic carbocycles. The van der Waals surface area contributed by atoms with Gasteiger partial charge in [0, 0.05) is 34.3 Å². The standard InChI is InChI=1S/C12H12N2.C8H7NO.H2S/c13-11-7-3-1-5-9(11)10-6-2-4-8-12(10)14;1-2-4-8-7(3-1)5-6-9-10-8;/h1-8H,13-14H2;1-6,9H;1H2. The third-order valence-electron chi connectivity index (χ3n) is 3.63. The zero-order valence-corrected chi connectivity index (χ0v) is 14.6. The van der Waals surface area contributed by atoms with Gasteiger partial charge < -0.3 is 16.3 Å². The summed E-state index contributed by atoms with van der Waals surface area (Å²) in [4.78, 5) is 5.09. The molecular weight excluding hydrogens is 330 g/mol. The fourth-order valence-corrected chi connectivity index (χ4v) is 2.42. The van der Waals surface area contributed by atoms with Crippen LogP contribution in [-0.4, -0.2) is 0 Å². The van der Waals surface area contributed by atoms with E-state index in [9.17, 15) is 0 Å². The summed E-state index contributed by atoms with van der Waals surface area (Å²) in [5.74, 6) is 0.880. The van der Waals surface area contributed by atoms with Crippen molar-refractivity contribution in [1.29, 1.82) is 0 Å². The second kappa shape index (κ2) is 8.70. The van der Waals surface area contributed by atoms with Gasteiger partial charge >= 0.3 is 0 Å². The van der Waals surface area contributed by atoms with Gasteiger partial charge in [0.25, 0.3) is 0 Å². The van der Waals surface area contributed by atoms with E-state index in [4.69, 9.17) is 16.3 Å². The molecule has 5 N–H and O–H groups in total. The van der Waals surface area contributed by atoms with Gasteiger partial charge in [-0.1, -0.05) is 54.6 Å². The topological polar surface area (TPSA) is 73.3 Å². The highest BCUT2D eigenvalue weighted by atomic mass is 32.1. The van der Waals surface area contributed by atoms with Crippen molar-refractivity contribution in [1.82, 2.24) is 5.48 Å². The summed E-state index contributed by atoms with van der Waals surface area (Å²) in [6.07, 6.45) is 3.74. The highest BCUT2D eigenvalue weighted by Crippen LogP contribution is 2.29. The molecule has 1 aliphatic heterocycles. The molecule has 1 heterocycles. The van der Waals surface area contributed by atoms with Crippen LogP contribution in [-0.2, 0) is 0 Å². The molecule has 0 unspecified atom stereocenters. The molecule has 0 aliphatic carbocycles. The highest BCUT2D eigenvalue weighted by Gasteiger charge is 2.03. The molecule has 0 fully saturated rings. The van der Waals surface area contributed by atoms with Crippen LogP contribution in [0.2, 0.25) is 0 Å². The van der Waals surface area contributed by atoms with Crippen molar-refractivity contribution >= 4 is 30.9 Å². The largest absolute Gasteiger partial charge is 0.398 e. The Kier molecular flexibility index (Phi) is 6.37. The van der Waals surface area contributed by atoms with E-state index in [2.05, 4.69) is 5.48 Å². The van der Waals surface area contributed by atoms with Crippen LogP contribution in [0.1, 0.15) is 5.56 Å². The SMILES string of the molecule is C1=Cc2ccccc2ON1.Nc1ccccc1-c1ccccc1N.S. The molecule has 4 rings (SSSR count). The lowest BCUT2D eigenvalue weighted by Gasteiger charge is -2.11. The van der Waals surface area contributed by atoms with Crippen molar-refractivity contribution in [2.24, 2.45) is 0 Å². The summed E-state index contributed by atoms with van der Waals surface area (Å²) in [5, 5.41) is 0. The van der Waals surface area contributed by atoms with Gasteiger partial charge in [-0.05, 0) is 24.3 Å². The number of nitrogens with two attached hydrogens (primary N) is 2. The van der Waals surface area contributed by atoms with Crippen molar-refractivity contribution in [3.63, 3.8) is 0 Å². The van der Waals surface area contributed by atoms with Crippen molar-refractivity contribution in [3.05, 3.63) is 84.6 Å². The molecule has 0 bridgehead atoms.